The number of hydrogen-bond acceptors (Lipinski definition) is 6. The Morgan fingerprint density at radius 1 is 1.06 bits per heavy atom. The smallest absolute Gasteiger partial charge is 0.341 e. The van der Waals surface area contributed by atoms with E-state index in [-0.39, 0.29) is 22.6 Å². The van der Waals surface area contributed by atoms with Crippen LogP contribution in [-0.4, -0.2) is 45.3 Å². The molecule has 0 saturated heterocycles. The quantitative estimate of drug-likeness (QED) is 0.538. The van der Waals surface area contributed by atoms with E-state index < -0.39 is 21.9 Å². The number of nitrogens with zero attached hydrogens (tertiary/aromatic N) is 1. The van der Waals surface area contributed by atoms with Crippen molar-refractivity contribution in [2.45, 2.75) is 11.8 Å². The molecule has 1 aromatic heterocycles. The fraction of sp³-hybridized carbons (Fsp3) is 0.182. The molecule has 0 aliphatic rings. The van der Waals surface area contributed by atoms with Gasteiger partial charge in [-0.1, -0.05) is 36.4 Å². The van der Waals surface area contributed by atoms with Gasteiger partial charge < -0.3 is 10.1 Å². The molecular weight excluding hydrogens is 436 g/mol. The van der Waals surface area contributed by atoms with Crippen LogP contribution in [0.5, 0.6) is 0 Å². The first-order chi connectivity index (χ1) is 14.8. The molecule has 31 heavy (non-hydrogen) atoms. The van der Waals surface area contributed by atoms with E-state index in [1.165, 1.54) is 49.7 Å². The number of carbonyl (C=O) groups excluding carboxylic acids is 2. The molecule has 0 unspecified atom stereocenters. The van der Waals surface area contributed by atoms with E-state index in [1.807, 2.05) is 30.3 Å². The third-order valence-electron chi connectivity index (χ3n) is 4.46. The zero-order valence-electron chi connectivity index (χ0n) is 17.3. The molecule has 0 aliphatic heterocycles. The van der Waals surface area contributed by atoms with Crippen LogP contribution in [0.2, 0.25) is 0 Å². The molecule has 1 amide bonds. The molecule has 3 aromatic rings. The zero-order chi connectivity index (χ0) is 22.6. The van der Waals surface area contributed by atoms with E-state index >= 15 is 0 Å². The maximum atomic E-state index is 12.9. The normalized spacial score (nSPS) is 11.4. The molecule has 0 saturated carbocycles. The van der Waals surface area contributed by atoms with Crippen molar-refractivity contribution in [3.63, 3.8) is 0 Å². The minimum atomic E-state index is -3.68. The summed E-state index contributed by atoms with van der Waals surface area (Å²) in [6, 6.07) is 15.1. The highest BCUT2D eigenvalue weighted by Crippen LogP contribution is 2.36. The minimum Gasteiger partial charge on any atom is -0.462 e. The van der Waals surface area contributed by atoms with Crippen LogP contribution in [-0.2, 0) is 14.8 Å². The lowest BCUT2D eigenvalue weighted by molar-refractivity contribution is 0.0529. The fourth-order valence-corrected chi connectivity index (χ4v) is 4.77. The number of carbonyl (C=O) groups is 2. The third-order valence-corrected chi connectivity index (χ3v) is 7.16. The Bertz CT molecular complexity index is 1200. The van der Waals surface area contributed by atoms with Crippen LogP contribution >= 0.6 is 11.3 Å². The van der Waals surface area contributed by atoms with Gasteiger partial charge in [0.1, 0.15) is 10.6 Å². The van der Waals surface area contributed by atoms with Crippen LogP contribution in [0.1, 0.15) is 27.6 Å². The fourth-order valence-electron chi connectivity index (χ4n) is 2.87. The first-order valence-corrected chi connectivity index (χ1v) is 11.8. The lowest BCUT2D eigenvalue weighted by Gasteiger charge is -2.12. The minimum absolute atomic E-state index is 0.00641. The highest BCUT2D eigenvalue weighted by atomic mass is 32.2. The molecule has 0 fully saturated rings. The highest BCUT2D eigenvalue weighted by Gasteiger charge is 2.24. The number of benzene rings is 2. The van der Waals surface area contributed by atoms with Crippen molar-refractivity contribution in [2.24, 2.45) is 0 Å². The van der Waals surface area contributed by atoms with Crippen molar-refractivity contribution in [1.82, 2.24) is 4.31 Å². The molecule has 1 heterocycles. The van der Waals surface area contributed by atoms with Gasteiger partial charge in [-0.05, 0) is 30.7 Å². The number of hydrogen-bond donors (Lipinski definition) is 1. The Balaban J connectivity index is 1.97. The standard InChI is InChI=1S/C22H22N2O5S2/c1-4-29-22(26)19-18(15-9-6-5-7-10-15)14-30-21(19)23-20(25)16-11-8-12-17(13-16)31(27,28)24(2)3/h5-14H,4H2,1-3H3,(H,23,25). The second-order valence-corrected chi connectivity index (χ2v) is 9.74. The highest BCUT2D eigenvalue weighted by molar-refractivity contribution is 7.89. The average Bonchev–Trinajstić information content (AvgIpc) is 3.18. The number of rotatable bonds is 7. The van der Waals surface area contributed by atoms with Gasteiger partial charge in [0.25, 0.3) is 5.91 Å². The second-order valence-electron chi connectivity index (χ2n) is 6.71. The first kappa shape index (κ1) is 22.7. The number of thiophene rings is 1. The Labute approximate surface area is 185 Å². The molecule has 9 heteroatoms. The van der Waals surface area contributed by atoms with E-state index in [0.29, 0.717) is 10.6 Å². The van der Waals surface area contributed by atoms with E-state index in [0.717, 1.165) is 9.87 Å². The van der Waals surface area contributed by atoms with Gasteiger partial charge in [0.2, 0.25) is 10.0 Å². The number of ether oxygens (including phenoxy) is 1. The Morgan fingerprint density at radius 2 is 1.77 bits per heavy atom. The summed E-state index contributed by atoms with van der Waals surface area (Å²) in [6.45, 7) is 1.90. The first-order valence-electron chi connectivity index (χ1n) is 9.43. The van der Waals surface area contributed by atoms with Gasteiger partial charge in [-0.3, -0.25) is 4.79 Å². The van der Waals surface area contributed by atoms with Crippen LogP contribution in [0.3, 0.4) is 0 Å². The zero-order valence-corrected chi connectivity index (χ0v) is 18.9. The average molecular weight is 459 g/mol. The van der Waals surface area contributed by atoms with Crippen molar-refractivity contribution >= 4 is 38.2 Å². The Kier molecular flexibility index (Phi) is 6.89. The predicted molar refractivity (Wildman–Crippen MR) is 121 cm³/mol. The Morgan fingerprint density at radius 3 is 2.42 bits per heavy atom. The Hall–Kier alpha value is -3.01. The number of anilines is 1. The molecule has 0 radical (unpaired) electrons. The SMILES string of the molecule is CCOC(=O)c1c(-c2ccccc2)csc1NC(=O)c1cccc(S(=O)(=O)N(C)C)c1. The molecule has 0 spiro atoms. The van der Waals surface area contributed by atoms with E-state index in [1.54, 1.807) is 12.3 Å². The number of esters is 1. The molecule has 0 bridgehead atoms. The van der Waals surface area contributed by atoms with Crippen molar-refractivity contribution in [1.29, 1.82) is 0 Å². The van der Waals surface area contributed by atoms with Crippen LogP contribution in [0.25, 0.3) is 11.1 Å². The lowest BCUT2D eigenvalue weighted by Crippen LogP contribution is -2.23. The van der Waals surface area contributed by atoms with Crippen LogP contribution in [0, 0.1) is 0 Å². The molecule has 2 aromatic carbocycles. The number of amides is 1. The summed E-state index contributed by atoms with van der Waals surface area (Å²) in [4.78, 5) is 25.5. The topological polar surface area (TPSA) is 92.8 Å². The lowest BCUT2D eigenvalue weighted by atomic mass is 10.0. The summed E-state index contributed by atoms with van der Waals surface area (Å²) in [5, 5.41) is 4.85. The van der Waals surface area contributed by atoms with E-state index in [2.05, 4.69) is 5.32 Å². The van der Waals surface area contributed by atoms with Crippen LogP contribution in [0.15, 0.2) is 64.9 Å². The van der Waals surface area contributed by atoms with Crippen LogP contribution in [0.4, 0.5) is 5.00 Å². The van der Waals surface area contributed by atoms with Gasteiger partial charge in [0.05, 0.1) is 11.5 Å². The third kappa shape index (κ3) is 4.84. The summed E-state index contributed by atoms with van der Waals surface area (Å²) in [5.74, 6) is -1.07. The van der Waals surface area contributed by atoms with E-state index in [4.69, 9.17) is 4.74 Å². The maximum absolute atomic E-state index is 12.9. The number of sulfonamides is 1. The summed E-state index contributed by atoms with van der Waals surface area (Å²) >= 11 is 1.20. The molecule has 1 N–H and O–H groups in total. The molecule has 7 nitrogen and oxygen atoms in total. The summed E-state index contributed by atoms with van der Waals surface area (Å²) < 4.78 is 31.0. The van der Waals surface area contributed by atoms with E-state index in [9.17, 15) is 18.0 Å². The maximum Gasteiger partial charge on any atom is 0.341 e. The molecular formula is C22H22N2O5S2. The summed E-state index contributed by atoms with van der Waals surface area (Å²) in [6.07, 6.45) is 0. The van der Waals surface area contributed by atoms with Gasteiger partial charge in [-0.2, -0.15) is 0 Å². The van der Waals surface area contributed by atoms with Crippen molar-refractivity contribution in [2.75, 3.05) is 26.0 Å². The molecule has 0 atom stereocenters. The number of nitrogens with one attached hydrogen (secondary N) is 1. The largest absolute Gasteiger partial charge is 0.462 e. The van der Waals surface area contributed by atoms with Gasteiger partial charge in [0, 0.05) is 30.6 Å². The molecule has 162 valence electrons. The predicted octanol–water partition coefficient (Wildman–Crippen LogP) is 4.09. The van der Waals surface area contributed by atoms with Gasteiger partial charge >= 0.3 is 5.97 Å². The van der Waals surface area contributed by atoms with Gasteiger partial charge in [-0.25, -0.2) is 17.5 Å². The van der Waals surface area contributed by atoms with Crippen molar-refractivity contribution in [3.05, 3.63) is 71.1 Å². The van der Waals surface area contributed by atoms with Crippen molar-refractivity contribution in [3.8, 4) is 11.1 Å². The van der Waals surface area contributed by atoms with Gasteiger partial charge in [0.15, 0.2) is 0 Å². The van der Waals surface area contributed by atoms with Crippen molar-refractivity contribution < 1.29 is 22.7 Å². The summed E-state index contributed by atoms with van der Waals surface area (Å²) in [5.41, 5.74) is 1.90. The second kappa shape index (κ2) is 9.42. The van der Waals surface area contributed by atoms with Crippen LogP contribution < -0.4 is 5.32 Å². The summed E-state index contributed by atoms with van der Waals surface area (Å²) in [7, 11) is -0.843. The molecule has 0 aliphatic carbocycles. The molecule has 3 rings (SSSR count). The monoisotopic (exact) mass is 458 g/mol. The van der Waals surface area contributed by atoms with Gasteiger partial charge in [-0.15, -0.1) is 11.3 Å².